The molecule has 2 N–H and O–H groups in total. The second-order valence-corrected chi connectivity index (χ2v) is 10.0. The fraction of sp³-hybridized carbons (Fsp3) is 0.520. The molecule has 2 amide bonds. The van der Waals surface area contributed by atoms with Gasteiger partial charge in [-0.05, 0) is 37.0 Å². The van der Waals surface area contributed by atoms with E-state index < -0.39 is 0 Å². The van der Waals surface area contributed by atoms with Crippen LogP contribution in [0.25, 0.3) is 11.3 Å². The van der Waals surface area contributed by atoms with E-state index in [0.717, 1.165) is 48.4 Å². The minimum Gasteiger partial charge on any atom is -0.396 e. The molecule has 3 aliphatic rings. The van der Waals surface area contributed by atoms with E-state index in [9.17, 15) is 14.7 Å². The quantitative estimate of drug-likeness (QED) is 0.670. The molecule has 5 rings (SSSR count). The van der Waals surface area contributed by atoms with Gasteiger partial charge in [-0.3, -0.25) is 9.59 Å². The monoisotopic (exact) mass is 465 g/mol. The lowest BCUT2D eigenvalue weighted by Gasteiger charge is -2.47. The summed E-state index contributed by atoms with van der Waals surface area (Å²) in [5, 5.41) is 12.8. The van der Waals surface area contributed by atoms with Gasteiger partial charge in [0.2, 0.25) is 11.9 Å². The van der Waals surface area contributed by atoms with Gasteiger partial charge < -0.3 is 25.0 Å². The summed E-state index contributed by atoms with van der Waals surface area (Å²) >= 11 is 0. The van der Waals surface area contributed by atoms with E-state index in [-0.39, 0.29) is 30.4 Å². The molecule has 0 aliphatic carbocycles. The second kappa shape index (κ2) is 8.96. The van der Waals surface area contributed by atoms with Crippen LogP contribution in [0.3, 0.4) is 0 Å². The van der Waals surface area contributed by atoms with Gasteiger partial charge in [0.05, 0.1) is 12.3 Å². The van der Waals surface area contributed by atoms with Crippen molar-refractivity contribution in [3.63, 3.8) is 0 Å². The van der Waals surface area contributed by atoms with E-state index in [1.54, 1.807) is 16.0 Å². The molecule has 2 saturated heterocycles. The minimum atomic E-state index is -0.226. The number of aliphatic hydroxyl groups is 1. The van der Waals surface area contributed by atoms with Gasteiger partial charge >= 0.3 is 0 Å². The normalized spacial score (nSPS) is 19.7. The van der Waals surface area contributed by atoms with Crippen molar-refractivity contribution in [1.29, 1.82) is 0 Å². The number of carbonyl (C=O) groups excluding carboxylic acids is 2. The maximum Gasteiger partial charge on any atom is 0.254 e. The Labute approximate surface area is 199 Å². The number of nitrogens with one attached hydrogen (secondary N) is 1. The third-order valence-electron chi connectivity index (χ3n) is 6.99. The summed E-state index contributed by atoms with van der Waals surface area (Å²) in [5.74, 6) is 0.363. The molecular formula is C25H31N5O4. The number of carbonyl (C=O) groups is 2. The number of aryl methyl sites for hydroxylation is 1. The smallest absolute Gasteiger partial charge is 0.254 e. The lowest BCUT2D eigenvalue weighted by atomic mass is 9.83. The first-order valence-corrected chi connectivity index (χ1v) is 11.8. The number of ether oxygens (including phenoxy) is 1. The molecule has 0 radical (unpaired) electrons. The van der Waals surface area contributed by atoms with Crippen LogP contribution in [-0.4, -0.2) is 82.2 Å². The molecule has 1 aromatic heterocycles. The second-order valence-electron chi connectivity index (χ2n) is 10.0. The van der Waals surface area contributed by atoms with Crippen LogP contribution in [0.1, 0.15) is 41.3 Å². The highest BCUT2D eigenvalue weighted by atomic mass is 16.5. The summed E-state index contributed by atoms with van der Waals surface area (Å²) in [6, 6.07) is 6.10. The first kappa shape index (κ1) is 22.7. The van der Waals surface area contributed by atoms with Crippen LogP contribution in [0.4, 0.5) is 5.95 Å². The van der Waals surface area contributed by atoms with E-state index in [1.165, 1.54) is 0 Å². The molecule has 0 bridgehead atoms. The van der Waals surface area contributed by atoms with E-state index in [1.807, 2.05) is 32.0 Å². The number of hydrogen-bond donors (Lipinski definition) is 2. The van der Waals surface area contributed by atoms with Crippen LogP contribution in [0, 0.1) is 12.3 Å². The van der Waals surface area contributed by atoms with Gasteiger partial charge in [-0.15, -0.1) is 0 Å². The zero-order valence-electron chi connectivity index (χ0n) is 19.7. The number of anilines is 1. The predicted octanol–water partition coefficient (Wildman–Crippen LogP) is 1.84. The van der Waals surface area contributed by atoms with Gasteiger partial charge in [0, 0.05) is 61.6 Å². The molecule has 4 heterocycles. The number of amides is 2. The number of aromatic nitrogens is 2. The molecule has 9 nitrogen and oxygen atoms in total. The van der Waals surface area contributed by atoms with Gasteiger partial charge in [-0.1, -0.05) is 19.1 Å². The minimum absolute atomic E-state index is 0.0516. The Morgan fingerprint density at radius 1 is 1.29 bits per heavy atom. The van der Waals surface area contributed by atoms with E-state index in [4.69, 9.17) is 9.72 Å². The van der Waals surface area contributed by atoms with Crippen molar-refractivity contribution >= 4 is 17.8 Å². The van der Waals surface area contributed by atoms with Gasteiger partial charge in [0.25, 0.3) is 5.91 Å². The third-order valence-corrected chi connectivity index (χ3v) is 6.99. The van der Waals surface area contributed by atoms with Crippen molar-refractivity contribution in [2.75, 3.05) is 44.8 Å². The maximum absolute atomic E-state index is 13.1. The summed E-state index contributed by atoms with van der Waals surface area (Å²) < 4.78 is 5.42. The standard InChI is InChI=1S/C25H31N5O4/c1-16-10-26-24(27-19-5-7-34-8-6-19)28-22(16)17-3-4-18-11-29(23(33)20(18)9-17)12-21(32)30-13-25(2,14-30)15-31/h3-4,9-10,19,31H,5-8,11-15H2,1-2H3,(H,26,27,28). The Morgan fingerprint density at radius 2 is 2.06 bits per heavy atom. The van der Waals surface area contributed by atoms with E-state index in [0.29, 0.717) is 37.2 Å². The first-order chi connectivity index (χ1) is 16.3. The van der Waals surface area contributed by atoms with E-state index in [2.05, 4.69) is 10.3 Å². The van der Waals surface area contributed by atoms with Crippen molar-refractivity contribution in [3.8, 4) is 11.3 Å². The van der Waals surface area contributed by atoms with Gasteiger partial charge in [0.1, 0.15) is 6.54 Å². The Balaban J connectivity index is 1.29. The molecule has 2 fully saturated rings. The van der Waals surface area contributed by atoms with Crippen molar-refractivity contribution in [3.05, 3.63) is 41.1 Å². The molecule has 180 valence electrons. The number of nitrogens with zero attached hydrogens (tertiary/aromatic N) is 4. The van der Waals surface area contributed by atoms with E-state index >= 15 is 0 Å². The largest absolute Gasteiger partial charge is 0.396 e. The zero-order valence-corrected chi connectivity index (χ0v) is 19.7. The summed E-state index contributed by atoms with van der Waals surface area (Å²) in [5.41, 5.74) is 3.88. The highest BCUT2D eigenvalue weighted by Crippen LogP contribution is 2.32. The molecule has 34 heavy (non-hydrogen) atoms. The Bertz CT molecular complexity index is 1110. The number of aliphatic hydroxyl groups excluding tert-OH is 1. The van der Waals surface area contributed by atoms with Crippen LogP contribution >= 0.6 is 0 Å². The number of fused-ring (bicyclic) bond motifs is 1. The van der Waals surface area contributed by atoms with Crippen LogP contribution < -0.4 is 5.32 Å². The van der Waals surface area contributed by atoms with Crippen molar-refractivity contribution in [1.82, 2.24) is 19.8 Å². The fourth-order valence-electron chi connectivity index (χ4n) is 4.88. The molecule has 3 aliphatic heterocycles. The molecule has 0 atom stereocenters. The average molecular weight is 466 g/mol. The number of hydrogen-bond acceptors (Lipinski definition) is 7. The zero-order chi connectivity index (χ0) is 23.9. The number of benzene rings is 1. The van der Waals surface area contributed by atoms with Gasteiger partial charge in [-0.2, -0.15) is 0 Å². The molecule has 0 saturated carbocycles. The predicted molar refractivity (Wildman–Crippen MR) is 126 cm³/mol. The Kier molecular flexibility index (Phi) is 5.99. The maximum atomic E-state index is 13.1. The molecule has 2 aromatic rings. The highest BCUT2D eigenvalue weighted by Gasteiger charge is 2.41. The lowest BCUT2D eigenvalue weighted by Crippen LogP contribution is -2.60. The van der Waals surface area contributed by atoms with Gasteiger partial charge in [-0.25, -0.2) is 9.97 Å². The fourth-order valence-corrected chi connectivity index (χ4v) is 4.88. The van der Waals surface area contributed by atoms with Crippen LogP contribution in [-0.2, 0) is 16.1 Å². The average Bonchev–Trinajstić information content (AvgIpc) is 3.13. The molecule has 1 aromatic carbocycles. The van der Waals surface area contributed by atoms with Crippen LogP contribution in [0.2, 0.25) is 0 Å². The summed E-state index contributed by atoms with van der Waals surface area (Å²) in [6.45, 7) is 6.97. The molecular weight excluding hydrogens is 434 g/mol. The Hall–Kier alpha value is -3.04. The topological polar surface area (TPSA) is 108 Å². The van der Waals surface area contributed by atoms with Crippen molar-refractivity contribution < 1.29 is 19.4 Å². The van der Waals surface area contributed by atoms with Crippen molar-refractivity contribution in [2.45, 2.75) is 39.3 Å². The SMILES string of the molecule is Cc1cnc(NC2CCOCC2)nc1-c1ccc2c(c1)C(=O)N(CC(=O)N1CC(C)(CO)C1)C2. The van der Waals surface area contributed by atoms with Gasteiger partial charge in [0.15, 0.2) is 0 Å². The summed E-state index contributed by atoms with van der Waals surface area (Å²) in [4.78, 5) is 38.2. The molecule has 0 unspecified atom stereocenters. The Morgan fingerprint density at radius 3 is 2.79 bits per heavy atom. The first-order valence-electron chi connectivity index (χ1n) is 11.8. The van der Waals surface area contributed by atoms with Crippen molar-refractivity contribution in [2.24, 2.45) is 5.41 Å². The molecule has 9 heteroatoms. The molecule has 0 spiro atoms. The van der Waals surface area contributed by atoms with Crippen LogP contribution in [0.15, 0.2) is 24.4 Å². The summed E-state index contributed by atoms with van der Waals surface area (Å²) in [6.07, 6.45) is 3.65. The lowest BCUT2D eigenvalue weighted by molar-refractivity contribution is -0.145. The number of likely N-dealkylation sites (tertiary alicyclic amines) is 1. The third kappa shape index (κ3) is 4.37. The van der Waals surface area contributed by atoms with Crippen LogP contribution in [0.5, 0.6) is 0 Å². The number of rotatable bonds is 6. The summed E-state index contributed by atoms with van der Waals surface area (Å²) in [7, 11) is 0. The highest BCUT2D eigenvalue weighted by molar-refractivity contribution is 6.01.